The molecule has 1 amide bonds. The maximum Gasteiger partial charge on any atom is 0.306 e. The predicted molar refractivity (Wildman–Crippen MR) is 102 cm³/mol. The van der Waals surface area contributed by atoms with E-state index in [2.05, 4.69) is 0 Å². The Morgan fingerprint density at radius 2 is 1.70 bits per heavy atom. The number of hydrogen-bond donors (Lipinski definition) is 1. The number of nitrogens with zero attached hydrogens (tertiary/aromatic N) is 1. The van der Waals surface area contributed by atoms with E-state index in [4.69, 9.17) is 9.84 Å². The third-order valence-corrected chi connectivity index (χ3v) is 3.69. The normalized spacial score (nSPS) is 10.6. The Labute approximate surface area is 157 Å². The van der Waals surface area contributed by atoms with Gasteiger partial charge in [0.05, 0.1) is 13.0 Å². The lowest BCUT2D eigenvalue weighted by Gasteiger charge is -2.10. The van der Waals surface area contributed by atoms with Crippen molar-refractivity contribution in [3.8, 4) is 5.75 Å². The van der Waals surface area contributed by atoms with Crippen molar-refractivity contribution in [3.63, 3.8) is 0 Å². The van der Waals surface area contributed by atoms with Gasteiger partial charge in [-0.1, -0.05) is 30.3 Å². The first-order valence-electron chi connectivity index (χ1n) is 8.35. The Morgan fingerprint density at radius 3 is 2.33 bits per heavy atom. The zero-order valence-electron chi connectivity index (χ0n) is 15.2. The minimum atomic E-state index is -0.921. The van der Waals surface area contributed by atoms with Crippen LogP contribution in [0, 0.1) is 0 Å². The van der Waals surface area contributed by atoms with Crippen LogP contribution in [0.2, 0.25) is 0 Å². The average molecular weight is 367 g/mol. The summed E-state index contributed by atoms with van der Waals surface area (Å²) in [5, 5.41) is 8.62. The van der Waals surface area contributed by atoms with Gasteiger partial charge in [0.25, 0.3) is 5.91 Å². The number of aliphatic carboxylic acids is 1. The van der Waals surface area contributed by atoms with Crippen molar-refractivity contribution in [2.45, 2.75) is 6.42 Å². The molecular weight excluding hydrogens is 346 g/mol. The molecule has 0 aliphatic heterocycles. The van der Waals surface area contributed by atoms with Crippen LogP contribution in [0.3, 0.4) is 0 Å². The molecule has 2 aromatic rings. The first-order chi connectivity index (χ1) is 12.9. The summed E-state index contributed by atoms with van der Waals surface area (Å²) in [5.41, 5.74) is 1.76. The molecular formula is C21H21NO5. The van der Waals surface area contributed by atoms with Gasteiger partial charge in [0.15, 0.2) is 5.78 Å². The number of ether oxygens (including phenoxy) is 1. The van der Waals surface area contributed by atoms with Crippen LogP contribution in [-0.2, 0) is 4.79 Å². The fourth-order valence-electron chi connectivity index (χ4n) is 2.27. The van der Waals surface area contributed by atoms with Crippen molar-refractivity contribution in [2.24, 2.45) is 0 Å². The van der Waals surface area contributed by atoms with E-state index in [9.17, 15) is 14.4 Å². The largest absolute Gasteiger partial charge is 0.493 e. The molecule has 1 N–H and O–H groups in total. The molecule has 0 radical (unpaired) electrons. The Balaban J connectivity index is 2.01. The molecule has 0 spiro atoms. The molecule has 27 heavy (non-hydrogen) atoms. The number of carboxylic acids is 1. The predicted octanol–water partition coefficient (Wildman–Crippen LogP) is 3.14. The van der Waals surface area contributed by atoms with Gasteiger partial charge < -0.3 is 14.7 Å². The summed E-state index contributed by atoms with van der Waals surface area (Å²) in [4.78, 5) is 36.1. The molecule has 0 unspecified atom stereocenters. The first kappa shape index (κ1) is 19.9. The standard InChI is InChI=1S/C21H21NO5/c1-22(2)21(26)17-9-7-16(8-10-17)19(23)11-6-15-4-3-5-18(14-15)27-13-12-20(24)25/h3-11,14H,12-13H2,1-2H3,(H,24,25)/b11-6+. The highest BCUT2D eigenvalue weighted by atomic mass is 16.5. The third kappa shape index (κ3) is 6.11. The lowest BCUT2D eigenvalue weighted by molar-refractivity contribution is -0.137. The van der Waals surface area contributed by atoms with Gasteiger partial charge in [-0.3, -0.25) is 14.4 Å². The van der Waals surface area contributed by atoms with Gasteiger partial charge in [-0.2, -0.15) is 0 Å². The van der Waals surface area contributed by atoms with E-state index in [-0.39, 0.29) is 24.7 Å². The van der Waals surface area contributed by atoms with Crippen LogP contribution < -0.4 is 4.74 Å². The van der Waals surface area contributed by atoms with Crippen LogP contribution in [0.1, 0.15) is 32.7 Å². The van der Waals surface area contributed by atoms with Gasteiger partial charge in [0.1, 0.15) is 5.75 Å². The molecule has 0 aromatic heterocycles. The van der Waals surface area contributed by atoms with Crippen LogP contribution in [0.15, 0.2) is 54.6 Å². The highest BCUT2D eigenvalue weighted by Gasteiger charge is 2.09. The van der Waals surface area contributed by atoms with Crippen LogP contribution >= 0.6 is 0 Å². The highest BCUT2D eigenvalue weighted by molar-refractivity contribution is 6.07. The molecule has 6 heteroatoms. The minimum absolute atomic E-state index is 0.0785. The summed E-state index contributed by atoms with van der Waals surface area (Å²) in [7, 11) is 3.34. The number of carbonyl (C=O) groups is 3. The van der Waals surface area contributed by atoms with Gasteiger partial charge >= 0.3 is 5.97 Å². The molecule has 0 heterocycles. The van der Waals surface area contributed by atoms with Gasteiger partial charge in [0, 0.05) is 25.2 Å². The Kier molecular flexibility index (Phi) is 6.88. The van der Waals surface area contributed by atoms with Crippen molar-refractivity contribution in [2.75, 3.05) is 20.7 Å². The summed E-state index contributed by atoms with van der Waals surface area (Å²) in [6, 6.07) is 13.5. The van der Waals surface area contributed by atoms with Crippen LogP contribution in [0.25, 0.3) is 6.08 Å². The van der Waals surface area contributed by atoms with Crippen molar-refractivity contribution in [1.82, 2.24) is 4.90 Å². The molecule has 0 fully saturated rings. The quantitative estimate of drug-likeness (QED) is 0.572. The van der Waals surface area contributed by atoms with Gasteiger partial charge in [0.2, 0.25) is 0 Å². The second kappa shape index (κ2) is 9.33. The molecule has 0 saturated carbocycles. The second-order valence-corrected chi connectivity index (χ2v) is 6.04. The average Bonchev–Trinajstić information content (AvgIpc) is 2.65. The summed E-state index contributed by atoms with van der Waals surface area (Å²) in [6.07, 6.45) is 3.02. The van der Waals surface area contributed by atoms with E-state index in [0.29, 0.717) is 16.9 Å². The number of allylic oxidation sites excluding steroid dienone is 1. The van der Waals surface area contributed by atoms with Crippen molar-refractivity contribution >= 4 is 23.7 Å². The first-order valence-corrected chi connectivity index (χ1v) is 8.35. The summed E-state index contributed by atoms with van der Waals surface area (Å²) in [6.45, 7) is 0.0828. The molecule has 0 saturated heterocycles. The third-order valence-electron chi connectivity index (χ3n) is 3.69. The molecule has 140 valence electrons. The van der Waals surface area contributed by atoms with Crippen LogP contribution in [-0.4, -0.2) is 48.4 Å². The number of carboxylic acid groups (broad SMARTS) is 1. The Bertz CT molecular complexity index is 853. The number of rotatable bonds is 8. The van der Waals surface area contributed by atoms with E-state index >= 15 is 0 Å². The molecule has 2 aromatic carbocycles. The minimum Gasteiger partial charge on any atom is -0.493 e. The van der Waals surface area contributed by atoms with Crippen LogP contribution in [0.4, 0.5) is 0 Å². The van der Waals surface area contributed by atoms with Crippen molar-refractivity contribution < 1.29 is 24.2 Å². The monoisotopic (exact) mass is 367 g/mol. The summed E-state index contributed by atoms with van der Waals surface area (Å²) >= 11 is 0. The van der Waals surface area contributed by atoms with Crippen molar-refractivity contribution in [1.29, 1.82) is 0 Å². The second-order valence-electron chi connectivity index (χ2n) is 6.04. The van der Waals surface area contributed by atoms with Gasteiger partial charge in [-0.05, 0) is 35.9 Å². The molecule has 0 aliphatic carbocycles. The van der Waals surface area contributed by atoms with E-state index in [1.165, 1.54) is 11.0 Å². The fraction of sp³-hybridized carbons (Fsp3) is 0.190. The highest BCUT2D eigenvalue weighted by Crippen LogP contribution is 2.15. The zero-order chi connectivity index (χ0) is 19.8. The number of hydrogen-bond acceptors (Lipinski definition) is 4. The van der Waals surface area contributed by atoms with Crippen LogP contribution in [0.5, 0.6) is 5.75 Å². The maximum absolute atomic E-state index is 12.3. The smallest absolute Gasteiger partial charge is 0.306 e. The van der Waals surface area contributed by atoms with E-state index in [0.717, 1.165) is 5.56 Å². The summed E-state index contributed by atoms with van der Waals surface area (Å²) in [5.74, 6) is -0.687. The van der Waals surface area contributed by atoms with E-state index < -0.39 is 5.97 Å². The number of carbonyl (C=O) groups excluding carboxylic acids is 2. The molecule has 2 rings (SSSR count). The topological polar surface area (TPSA) is 83.9 Å². The summed E-state index contributed by atoms with van der Waals surface area (Å²) < 4.78 is 5.37. The number of benzene rings is 2. The Hall–Kier alpha value is -3.41. The van der Waals surface area contributed by atoms with Crippen molar-refractivity contribution in [3.05, 3.63) is 71.3 Å². The van der Waals surface area contributed by atoms with Gasteiger partial charge in [-0.15, -0.1) is 0 Å². The lowest BCUT2D eigenvalue weighted by atomic mass is 10.1. The maximum atomic E-state index is 12.3. The number of amides is 1. The number of ketones is 1. The molecule has 0 bridgehead atoms. The zero-order valence-corrected chi connectivity index (χ0v) is 15.2. The van der Waals surface area contributed by atoms with E-state index in [1.807, 2.05) is 6.07 Å². The van der Waals surface area contributed by atoms with Gasteiger partial charge in [-0.25, -0.2) is 0 Å². The lowest BCUT2D eigenvalue weighted by Crippen LogP contribution is -2.21. The molecule has 6 nitrogen and oxygen atoms in total. The fourth-order valence-corrected chi connectivity index (χ4v) is 2.27. The SMILES string of the molecule is CN(C)C(=O)c1ccc(C(=O)/C=C/c2cccc(OCCC(=O)O)c2)cc1. The molecule has 0 atom stereocenters. The Morgan fingerprint density at radius 1 is 1.04 bits per heavy atom. The molecule has 0 aliphatic rings. The van der Waals surface area contributed by atoms with E-state index in [1.54, 1.807) is 62.6 Å².